The van der Waals surface area contributed by atoms with Crippen LogP contribution in [0.15, 0.2) is 48.5 Å². The minimum atomic E-state index is -4.55. The van der Waals surface area contributed by atoms with Crippen LogP contribution in [0.4, 0.5) is 0 Å². The molecule has 16 nitrogen and oxygen atoms in total. The Morgan fingerprint density at radius 2 is 1.24 bits per heavy atom. The molecule has 0 saturated carbocycles. The lowest BCUT2D eigenvalue weighted by Crippen LogP contribution is -2.37. The molecule has 59 heavy (non-hydrogen) atoms. The number of fused-ring (bicyclic) bond motifs is 2. The number of ketones is 1. The predicted molar refractivity (Wildman–Crippen MR) is 217 cm³/mol. The summed E-state index contributed by atoms with van der Waals surface area (Å²) in [5.41, 5.74) is 3.45. The highest BCUT2D eigenvalue weighted by Gasteiger charge is 2.28. The van der Waals surface area contributed by atoms with Crippen LogP contribution < -0.4 is 10.6 Å². The lowest BCUT2D eigenvalue weighted by molar-refractivity contribution is -0.132. The van der Waals surface area contributed by atoms with E-state index in [0.717, 1.165) is 22.3 Å². The van der Waals surface area contributed by atoms with Crippen LogP contribution in [-0.4, -0.2) is 149 Å². The Bertz CT molecular complexity index is 1700. The Morgan fingerprint density at radius 1 is 0.712 bits per heavy atom. The van der Waals surface area contributed by atoms with Gasteiger partial charge in [-0.2, -0.15) is 8.42 Å². The summed E-state index contributed by atoms with van der Waals surface area (Å²) in [4.78, 5) is 37.8. The first kappa shape index (κ1) is 49.6. The van der Waals surface area contributed by atoms with E-state index in [-0.39, 0.29) is 25.5 Å². The minimum Gasteiger partial charge on any atom is -0.382 e. The van der Waals surface area contributed by atoms with Gasteiger partial charge in [0.15, 0.2) is 5.78 Å². The Balaban J connectivity index is 1.18. The van der Waals surface area contributed by atoms with Crippen LogP contribution in [-0.2, 0) is 68.8 Å². The molecule has 3 N–H and O–H groups in total. The van der Waals surface area contributed by atoms with Gasteiger partial charge in [-0.25, -0.2) is 0 Å². The third-order valence-electron chi connectivity index (χ3n) is 8.71. The van der Waals surface area contributed by atoms with Crippen LogP contribution in [0.2, 0.25) is 0 Å². The molecular formula is C42H60N2O14S. The average Bonchev–Trinajstić information content (AvgIpc) is 3.21. The largest absolute Gasteiger partial charge is 0.382 e. The zero-order valence-corrected chi connectivity index (χ0v) is 34.8. The van der Waals surface area contributed by atoms with E-state index in [0.29, 0.717) is 112 Å². The van der Waals surface area contributed by atoms with Crippen molar-refractivity contribution in [2.24, 2.45) is 5.92 Å². The van der Waals surface area contributed by atoms with Gasteiger partial charge in [0.1, 0.15) is 6.61 Å². The minimum absolute atomic E-state index is 0.0889. The Kier molecular flexibility index (Phi) is 25.4. The molecule has 2 aromatic carbocycles. The van der Waals surface area contributed by atoms with Gasteiger partial charge in [-0.15, -0.1) is 0 Å². The molecule has 0 heterocycles. The smallest absolute Gasteiger partial charge is 0.265 e. The van der Waals surface area contributed by atoms with Crippen LogP contribution in [0, 0.1) is 17.8 Å². The van der Waals surface area contributed by atoms with Crippen LogP contribution in [0.1, 0.15) is 54.0 Å². The monoisotopic (exact) mass is 848 g/mol. The summed E-state index contributed by atoms with van der Waals surface area (Å²) < 4.78 is 76.5. The summed E-state index contributed by atoms with van der Waals surface area (Å²) >= 11 is 0. The summed E-state index contributed by atoms with van der Waals surface area (Å²) in [5.74, 6) is 2.96. The van der Waals surface area contributed by atoms with Crippen molar-refractivity contribution in [3.05, 3.63) is 70.8 Å². The van der Waals surface area contributed by atoms with E-state index in [1.165, 1.54) is 0 Å². The summed E-state index contributed by atoms with van der Waals surface area (Å²) in [5, 5.41) is 5.46. The Morgan fingerprint density at radius 3 is 1.86 bits per heavy atom. The molecular weight excluding hydrogens is 789 g/mol. The first-order valence-electron chi connectivity index (χ1n) is 19.9. The number of benzene rings is 2. The first-order chi connectivity index (χ1) is 28.7. The normalized spacial score (nSPS) is 13.9. The van der Waals surface area contributed by atoms with Crippen molar-refractivity contribution in [1.82, 2.24) is 10.6 Å². The van der Waals surface area contributed by atoms with Crippen LogP contribution in [0.5, 0.6) is 0 Å². The van der Waals surface area contributed by atoms with E-state index in [1.54, 1.807) is 7.11 Å². The van der Waals surface area contributed by atoms with Crippen LogP contribution in [0.3, 0.4) is 0 Å². The van der Waals surface area contributed by atoms with E-state index >= 15 is 0 Å². The van der Waals surface area contributed by atoms with Gasteiger partial charge < -0.3 is 48.5 Å². The second-order valence-electron chi connectivity index (χ2n) is 13.5. The lowest BCUT2D eigenvalue weighted by Gasteiger charge is -2.22. The molecule has 0 fully saturated rings. The molecule has 0 radical (unpaired) electrons. The Hall–Kier alpha value is -3.80. The molecule has 0 aliphatic heterocycles. The van der Waals surface area contributed by atoms with Crippen molar-refractivity contribution < 1.29 is 65.2 Å². The van der Waals surface area contributed by atoms with E-state index < -0.39 is 46.0 Å². The molecule has 2 aromatic rings. The van der Waals surface area contributed by atoms with Crippen LogP contribution in [0.25, 0.3) is 0 Å². The van der Waals surface area contributed by atoms with Crippen molar-refractivity contribution >= 4 is 27.7 Å². The molecule has 0 bridgehead atoms. The van der Waals surface area contributed by atoms with E-state index in [4.69, 9.17) is 37.9 Å². The number of rotatable bonds is 34. The molecule has 2 atom stereocenters. The maximum absolute atomic E-state index is 13.0. The number of ether oxygens (including phenoxy) is 8. The standard InChI is InChI=1S/C42H60N2O14S/c1-51-20-21-55-28-29-57-27-24-54-19-14-41(46)43-15-6-17-52-22-25-56-26-23-53-18-7-16-44-42(47)37(33-59(48,49)50)30-38(45)32-58-40-31-36-10-3-2-8-34(36)12-13-35-9-4-5-11-39(35)40/h2-5,8-11,37,40H,6-7,14-33H2,1H3,(H,43,46)(H,44,47)(H,48,49,50). The van der Waals surface area contributed by atoms with Gasteiger partial charge in [0, 0.05) is 63.8 Å². The molecule has 0 saturated heterocycles. The second-order valence-corrected chi connectivity index (χ2v) is 14.9. The summed E-state index contributed by atoms with van der Waals surface area (Å²) in [7, 11) is -2.93. The highest BCUT2D eigenvalue weighted by Crippen LogP contribution is 2.28. The van der Waals surface area contributed by atoms with Gasteiger partial charge in [-0.3, -0.25) is 18.9 Å². The van der Waals surface area contributed by atoms with Gasteiger partial charge in [-0.05, 0) is 36.1 Å². The van der Waals surface area contributed by atoms with Gasteiger partial charge in [-0.1, -0.05) is 48.2 Å². The maximum Gasteiger partial charge on any atom is 0.265 e. The molecule has 2 unspecified atom stereocenters. The number of hydrogen-bond donors (Lipinski definition) is 3. The number of carbonyl (C=O) groups excluding carboxylic acids is 3. The van der Waals surface area contributed by atoms with Crippen LogP contribution >= 0.6 is 0 Å². The summed E-state index contributed by atoms with van der Waals surface area (Å²) in [6.07, 6.45) is 0.921. The third kappa shape index (κ3) is 23.0. The molecule has 3 rings (SSSR count). The van der Waals surface area contributed by atoms with E-state index in [2.05, 4.69) is 22.5 Å². The fourth-order valence-corrected chi connectivity index (χ4v) is 6.50. The highest BCUT2D eigenvalue weighted by atomic mass is 32.2. The van der Waals surface area contributed by atoms with E-state index in [1.807, 2.05) is 48.5 Å². The number of nitrogens with one attached hydrogen (secondary N) is 2. The van der Waals surface area contributed by atoms with Gasteiger partial charge in [0.05, 0.1) is 90.5 Å². The van der Waals surface area contributed by atoms with Crippen molar-refractivity contribution in [1.29, 1.82) is 0 Å². The molecule has 0 spiro atoms. The highest BCUT2D eigenvalue weighted by molar-refractivity contribution is 7.85. The number of amides is 2. The van der Waals surface area contributed by atoms with Crippen molar-refractivity contribution in [3.63, 3.8) is 0 Å². The SMILES string of the molecule is COCCOCCOCCOCCC(=O)NCCCOCCOCCOCCCNC(=O)C(CC(=O)COC1Cc2ccccc2C#Cc2ccccc21)CS(=O)(=O)O. The summed E-state index contributed by atoms with van der Waals surface area (Å²) in [6.45, 7) is 5.78. The second kappa shape index (κ2) is 30.3. The van der Waals surface area contributed by atoms with Gasteiger partial charge in [0.25, 0.3) is 10.1 Å². The predicted octanol–water partition coefficient (Wildman–Crippen LogP) is 2.31. The molecule has 1 aliphatic carbocycles. The number of methoxy groups -OCH3 is 1. The number of carbonyl (C=O) groups is 3. The van der Waals surface area contributed by atoms with Gasteiger partial charge >= 0.3 is 0 Å². The van der Waals surface area contributed by atoms with E-state index in [9.17, 15) is 27.4 Å². The maximum atomic E-state index is 13.0. The fraction of sp³-hybridized carbons (Fsp3) is 0.595. The van der Waals surface area contributed by atoms with Crippen molar-refractivity contribution in [2.75, 3.05) is 118 Å². The van der Waals surface area contributed by atoms with Crippen molar-refractivity contribution in [3.8, 4) is 11.8 Å². The molecule has 17 heteroatoms. The molecule has 328 valence electrons. The summed E-state index contributed by atoms with van der Waals surface area (Å²) in [6, 6.07) is 15.2. The quantitative estimate of drug-likeness (QED) is 0.0526. The Labute approximate surface area is 348 Å². The number of hydrogen-bond acceptors (Lipinski definition) is 13. The third-order valence-corrected chi connectivity index (χ3v) is 9.53. The fourth-order valence-electron chi connectivity index (χ4n) is 5.73. The van der Waals surface area contributed by atoms with Crippen molar-refractivity contribution in [2.45, 2.75) is 38.2 Å². The zero-order valence-electron chi connectivity index (χ0n) is 34.0. The van der Waals surface area contributed by atoms with Gasteiger partial charge in [0.2, 0.25) is 11.8 Å². The lowest BCUT2D eigenvalue weighted by atomic mass is 9.92. The molecule has 1 aliphatic rings. The zero-order chi connectivity index (χ0) is 42.4. The topological polar surface area (TPSA) is 203 Å². The molecule has 0 aromatic heterocycles. The number of Topliss-reactive ketones (excluding diaryl/α,β-unsaturated/α-hetero) is 1. The average molecular weight is 849 g/mol. The molecule has 2 amide bonds. The first-order valence-corrected chi connectivity index (χ1v) is 21.5.